The summed E-state index contributed by atoms with van der Waals surface area (Å²) in [5.41, 5.74) is 0.568. The molecule has 1 unspecified atom stereocenters. The van der Waals surface area contributed by atoms with Crippen molar-refractivity contribution in [3.8, 4) is 0 Å². The molecule has 0 aliphatic carbocycles. The molecule has 19 heavy (non-hydrogen) atoms. The maximum absolute atomic E-state index is 13.3. The molecular weight excluding hydrogens is 269 g/mol. The molecule has 0 fully saturated rings. The third-order valence-electron chi connectivity index (χ3n) is 2.29. The van der Waals surface area contributed by atoms with Crippen LogP contribution in [0.15, 0.2) is 29.6 Å². The van der Waals surface area contributed by atoms with E-state index in [0.717, 1.165) is 0 Å². The predicted octanol–water partition coefficient (Wildman–Crippen LogP) is 2.98. The maximum Gasteiger partial charge on any atom is 0.325 e. The van der Waals surface area contributed by atoms with Crippen molar-refractivity contribution in [3.63, 3.8) is 0 Å². The van der Waals surface area contributed by atoms with Gasteiger partial charge < -0.3 is 10.4 Å². The molecule has 1 aromatic carbocycles. The van der Waals surface area contributed by atoms with Crippen molar-refractivity contribution in [3.05, 3.63) is 41.2 Å². The summed E-state index contributed by atoms with van der Waals surface area (Å²) in [6.07, 6.45) is -0.693. The number of carbonyl (C=O) groups is 1. The number of rotatable bonds is 3. The van der Waals surface area contributed by atoms with Gasteiger partial charge in [0, 0.05) is 5.38 Å². The zero-order valence-electron chi connectivity index (χ0n) is 10.1. The van der Waals surface area contributed by atoms with Crippen LogP contribution in [0.2, 0.25) is 0 Å². The predicted molar refractivity (Wildman–Crippen MR) is 71.8 cm³/mol. The van der Waals surface area contributed by atoms with Crippen molar-refractivity contribution >= 4 is 28.2 Å². The molecule has 2 amide bonds. The molecule has 1 heterocycles. The molecule has 5 nitrogen and oxygen atoms in total. The first kappa shape index (κ1) is 13.4. The summed E-state index contributed by atoms with van der Waals surface area (Å²) >= 11 is 1.18. The first-order valence-corrected chi connectivity index (χ1v) is 6.40. The van der Waals surface area contributed by atoms with E-state index in [9.17, 15) is 14.3 Å². The number of anilines is 2. The monoisotopic (exact) mass is 281 g/mol. The number of carbonyl (C=O) groups excluding carboxylic acids is 1. The Balaban J connectivity index is 1.99. The van der Waals surface area contributed by atoms with Crippen LogP contribution in [-0.2, 0) is 0 Å². The number of nitrogens with zero attached hydrogens (tertiary/aromatic N) is 1. The third-order valence-corrected chi connectivity index (χ3v) is 3.07. The molecule has 100 valence electrons. The largest absolute Gasteiger partial charge is 0.387 e. The number of hydrogen-bond acceptors (Lipinski definition) is 4. The van der Waals surface area contributed by atoms with Crippen LogP contribution in [-0.4, -0.2) is 16.1 Å². The van der Waals surface area contributed by atoms with E-state index < -0.39 is 18.0 Å². The van der Waals surface area contributed by atoms with Crippen molar-refractivity contribution in [1.29, 1.82) is 0 Å². The van der Waals surface area contributed by atoms with Crippen LogP contribution in [0.25, 0.3) is 0 Å². The smallest absolute Gasteiger partial charge is 0.325 e. The minimum atomic E-state index is -0.693. The van der Waals surface area contributed by atoms with Crippen LogP contribution >= 0.6 is 11.3 Å². The lowest BCUT2D eigenvalue weighted by atomic mass is 10.3. The molecule has 3 N–H and O–H groups in total. The second-order valence-corrected chi connectivity index (χ2v) is 4.67. The van der Waals surface area contributed by atoms with Crippen LogP contribution in [0.5, 0.6) is 0 Å². The summed E-state index contributed by atoms with van der Waals surface area (Å²) in [7, 11) is 0. The first-order valence-electron chi connectivity index (χ1n) is 5.52. The number of para-hydroxylation sites is 1. The Morgan fingerprint density at radius 3 is 2.79 bits per heavy atom. The molecular formula is C12H12FN3O2S. The Bertz CT molecular complexity index is 586. The lowest BCUT2D eigenvalue weighted by Gasteiger charge is -2.06. The zero-order valence-corrected chi connectivity index (χ0v) is 10.9. The number of aromatic nitrogens is 1. The number of hydrogen-bond donors (Lipinski definition) is 3. The van der Waals surface area contributed by atoms with E-state index >= 15 is 0 Å². The van der Waals surface area contributed by atoms with Gasteiger partial charge >= 0.3 is 6.03 Å². The second kappa shape index (κ2) is 5.77. The number of halogens is 1. The van der Waals surface area contributed by atoms with E-state index in [1.54, 1.807) is 18.4 Å². The second-order valence-electron chi connectivity index (χ2n) is 3.81. The number of aliphatic hydroxyl groups excluding tert-OH is 1. The Morgan fingerprint density at radius 1 is 1.42 bits per heavy atom. The molecule has 0 spiro atoms. The van der Waals surface area contributed by atoms with E-state index in [0.29, 0.717) is 10.8 Å². The Hall–Kier alpha value is -1.99. The quantitative estimate of drug-likeness (QED) is 0.809. The highest BCUT2D eigenvalue weighted by molar-refractivity contribution is 7.13. The molecule has 1 atom stereocenters. The normalized spacial score (nSPS) is 11.9. The molecule has 0 aliphatic rings. The van der Waals surface area contributed by atoms with Crippen molar-refractivity contribution in [2.24, 2.45) is 0 Å². The Kier molecular flexibility index (Phi) is 4.08. The number of aliphatic hydroxyl groups is 1. The highest BCUT2D eigenvalue weighted by Crippen LogP contribution is 2.20. The minimum Gasteiger partial charge on any atom is -0.387 e. The molecule has 2 aromatic rings. The van der Waals surface area contributed by atoms with Crippen molar-refractivity contribution in [2.75, 3.05) is 10.6 Å². The van der Waals surface area contributed by atoms with Crippen LogP contribution in [0, 0.1) is 5.82 Å². The first-order chi connectivity index (χ1) is 9.06. The van der Waals surface area contributed by atoms with Gasteiger partial charge in [0.1, 0.15) is 5.82 Å². The fraction of sp³-hybridized carbons (Fsp3) is 0.167. The number of urea groups is 1. The van der Waals surface area contributed by atoms with Gasteiger partial charge in [-0.1, -0.05) is 12.1 Å². The minimum absolute atomic E-state index is 0.0901. The van der Waals surface area contributed by atoms with Gasteiger partial charge in [-0.3, -0.25) is 5.32 Å². The van der Waals surface area contributed by atoms with Gasteiger partial charge in [0.15, 0.2) is 5.13 Å². The summed E-state index contributed by atoms with van der Waals surface area (Å²) < 4.78 is 13.3. The topological polar surface area (TPSA) is 74.2 Å². The number of benzene rings is 1. The molecule has 1 aromatic heterocycles. The summed E-state index contributed by atoms with van der Waals surface area (Å²) in [6.45, 7) is 1.58. The molecule has 7 heteroatoms. The van der Waals surface area contributed by atoms with E-state index in [1.165, 1.54) is 29.5 Å². The van der Waals surface area contributed by atoms with Gasteiger partial charge in [0.2, 0.25) is 0 Å². The Labute approximate surface area is 113 Å². The van der Waals surface area contributed by atoms with E-state index in [-0.39, 0.29) is 5.69 Å². The van der Waals surface area contributed by atoms with Crippen molar-refractivity contribution in [2.45, 2.75) is 13.0 Å². The van der Waals surface area contributed by atoms with Gasteiger partial charge in [-0.25, -0.2) is 14.2 Å². The molecule has 0 saturated carbocycles. The summed E-state index contributed by atoms with van der Waals surface area (Å²) in [6, 6.07) is 5.28. The number of amides is 2. The van der Waals surface area contributed by atoms with Crippen molar-refractivity contribution in [1.82, 2.24) is 4.98 Å². The van der Waals surface area contributed by atoms with Gasteiger partial charge in [-0.15, -0.1) is 11.3 Å². The zero-order chi connectivity index (χ0) is 13.8. The highest BCUT2D eigenvalue weighted by atomic mass is 32.1. The van der Waals surface area contributed by atoms with Crippen molar-refractivity contribution < 1.29 is 14.3 Å². The average Bonchev–Trinajstić information content (AvgIpc) is 2.80. The van der Waals surface area contributed by atoms with Crippen LogP contribution in [0.1, 0.15) is 18.7 Å². The van der Waals surface area contributed by atoms with Crippen LogP contribution in [0.4, 0.5) is 20.0 Å². The summed E-state index contributed by atoms with van der Waals surface area (Å²) in [5.74, 6) is -0.513. The SMILES string of the molecule is CC(O)c1csc(NC(=O)Nc2ccccc2F)n1. The lowest BCUT2D eigenvalue weighted by molar-refractivity contribution is 0.195. The van der Waals surface area contributed by atoms with Gasteiger partial charge in [0.25, 0.3) is 0 Å². The maximum atomic E-state index is 13.3. The molecule has 0 radical (unpaired) electrons. The molecule has 0 aliphatic heterocycles. The molecule has 0 bridgehead atoms. The summed E-state index contributed by atoms with van der Waals surface area (Å²) in [5, 5.41) is 16.1. The average molecular weight is 281 g/mol. The van der Waals surface area contributed by atoms with Gasteiger partial charge in [0.05, 0.1) is 17.5 Å². The van der Waals surface area contributed by atoms with E-state index in [1.807, 2.05) is 0 Å². The Morgan fingerprint density at radius 2 is 2.16 bits per heavy atom. The lowest BCUT2D eigenvalue weighted by Crippen LogP contribution is -2.20. The third kappa shape index (κ3) is 3.49. The van der Waals surface area contributed by atoms with Gasteiger partial charge in [-0.05, 0) is 19.1 Å². The molecule has 2 rings (SSSR count). The molecule has 0 saturated heterocycles. The van der Waals surface area contributed by atoms with Crippen LogP contribution in [0.3, 0.4) is 0 Å². The van der Waals surface area contributed by atoms with E-state index in [4.69, 9.17) is 0 Å². The van der Waals surface area contributed by atoms with Crippen LogP contribution < -0.4 is 10.6 Å². The standard InChI is InChI=1S/C12H12FN3O2S/c1-7(17)10-6-19-12(15-10)16-11(18)14-9-5-3-2-4-8(9)13/h2-7,17H,1H3,(H2,14,15,16,18). The fourth-order valence-electron chi connectivity index (χ4n) is 1.35. The number of thiazole rings is 1. The van der Waals surface area contributed by atoms with E-state index in [2.05, 4.69) is 15.6 Å². The fourth-order valence-corrected chi connectivity index (χ4v) is 2.14. The highest BCUT2D eigenvalue weighted by Gasteiger charge is 2.10. The summed E-state index contributed by atoms with van der Waals surface area (Å²) in [4.78, 5) is 15.6. The number of nitrogens with one attached hydrogen (secondary N) is 2. The van der Waals surface area contributed by atoms with Gasteiger partial charge in [-0.2, -0.15) is 0 Å².